The molecule has 0 fully saturated rings. The maximum atomic E-state index is 10.7. The first kappa shape index (κ1) is 14.1. The number of carbonyl (C=O) groups is 3. The summed E-state index contributed by atoms with van der Waals surface area (Å²) in [5.41, 5.74) is -1.79. The van der Waals surface area contributed by atoms with Gasteiger partial charge in [-0.2, -0.15) is 0 Å². The predicted octanol–water partition coefficient (Wildman–Crippen LogP) is 0.779. The van der Waals surface area contributed by atoms with Crippen LogP contribution in [0.2, 0.25) is 0 Å². The van der Waals surface area contributed by atoms with Crippen molar-refractivity contribution in [2.75, 3.05) is 0 Å². The van der Waals surface area contributed by atoms with Crippen molar-refractivity contribution in [3.8, 4) is 0 Å². The molecule has 88 valence electrons. The van der Waals surface area contributed by atoms with E-state index in [1.807, 2.05) is 0 Å². The van der Waals surface area contributed by atoms with Crippen LogP contribution in [0.4, 0.5) is 0 Å². The number of hydrogen-bond acceptors (Lipinski definition) is 3. The normalized spacial score (nSPS) is 9.00. The molecule has 1 aromatic carbocycles. The number of aromatic carboxylic acids is 3. The first-order valence-corrected chi connectivity index (χ1v) is 3.78. The Hall–Kier alpha value is -1.88. The maximum Gasteiger partial charge on any atom is 0.337 e. The van der Waals surface area contributed by atoms with Gasteiger partial charge in [0.05, 0.1) is 16.7 Å². The summed E-state index contributed by atoms with van der Waals surface area (Å²) in [4.78, 5) is 32.0. The topological polar surface area (TPSA) is 112 Å². The van der Waals surface area contributed by atoms with Gasteiger partial charge >= 0.3 is 17.9 Å². The van der Waals surface area contributed by atoms with Gasteiger partial charge < -0.3 is 15.3 Å². The molecule has 0 aliphatic heterocycles. The number of carboxylic acid groups (broad SMARTS) is 3. The zero-order valence-electron chi connectivity index (χ0n) is 7.61. The molecule has 0 aliphatic carbocycles. The van der Waals surface area contributed by atoms with E-state index in [-0.39, 0.29) is 16.5 Å². The summed E-state index contributed by atoms with van der Waals surface area (Å²) in [6.07, 6.45) is 0. The van der Waals surface area contributed by atoms with Crippen molar-refractivity contribution in [3.05, 3.63) is 34.9 Å². The predicted molar refractivity (Wildman–Crippen MR) is 47.3 cm³/mol. The Morgan fingerprint density at radius 2 is 1.19 bits per heavy atom. The molecule has 0 unspecified atom stereocenters. The van der Waals surface area contributed by atoms with Gasteiger partial charge in [0.2, 0.25) is 0 Å². The van der Waals surface area contributed by atoms with Gasteiger partial charge in [-0.3, -0.25) is 0 Å². The fraction of sp³-hybridized carbons (Fsp3) is 0. The zero-order valence-corrected chi connectivity index (χ0v) is 8.60. The molecule has 1 aromatic rings. The average Bonchev–Trinajstić information content (AvgIpc) is 2.16. The molecule has 0 saturated heterocycles. The Morgan fingerprint density at radius 3 is 1.44 bits per heavy atom. The summed E-state index contributed by atoms with van der Waals surface area (Å²) in [6.45, 7) is 0. The second kappa shape index (κ2) is 5.27. The molecule has 0 amide bonds. The van der Waals surface area contributed by atoms with E-state index in [1.165, 1.54) is 6.07 Å². The maximum absolute atomic E-state index is 10.7. The zero-order chi connectivity index (χ0) is 11.6. The molecule has 16 heavy (non-hydrogen) atoms. The van der Waals surface area contributed by atoms with Gasteiger partial charge in [0.1, 0.15) is 0 Å². The van der Waals surface area contributed by atoms with Crippen molar-refractivity contribution in [2.45, 2.75) is 0 Å². The minimum absolute atomic E-state index is 0. The van der Waals surface area contributed by atoms with Crippen LogP contribution in [0.1, 0.15) is 31.1 Å². The van der Waals surface area contributed by atoms with E-state index >= 15 is 0 Å². The molecule has 0 bridgehead atoms. The van der Waals surface area contributed by atoms with Gasteiger partial charge in [-0.15, -0.1) is 0 Å². The van der Waals surface area contributed by atoms with Crippen LogP contribution in [0.3, 0.4) is 0 Å². The Bertz CT molecular complexity index is 421. The molecule has 0 heterocycles. The fourth-order valence-corrected chi connectivity index (χ4v) is 1.14. The number of rotatable bonds is 3. The standard InChI is InChI=1S/C9H6O6.Ni/c10-7(11)4-2-1-3-5(8(12)13)6(4)9(14)15;/h1-3H,(H,10,11)(H,12,13)(H,14,15);. The van der Waals surface area contributed by atoms with Gasteiger partial charge in [0.25, 0.3) is 0 Å². The van der Waals surface area contributed by atoms with E-state index in [0.717, 1.165) is 12.1 Å². The van der Waals surface area contributed by atoms with Crippen LogP contribution in [-0.2, 0) is 16.5 Å². The van der Waals surface area contributed by atoms with Gasteiger partial charge in [-0.25, -0.2) is 14.4 Å². The number of carboxylic acids is 3. The third-order valence-corrected chi connectivity index (χ3v) is 1.74. The van der Waals surface area contributed by atoms with Gasteiger partial charge in [-0.1, -0.05) is 6.07 Å². The molecule has 7 heteroatoms. The monoisotopic (exact) mass is 268 g/mol. The van der Waals surface area contributed by atoms with E-state index in [1.54, 1.807) is 0 Å². The van der Waals surface area contributed by atoms with E-state index in [9.17, 15) is 14.4 Å². The van der Waals surface area contributed by atoms with Crippen LogP contribution in [-0.4, -0.2) is 33.2 Å². The van der Waals surface area contributed by atoms with Crippen LogP contribution in [0.25, 0.3) is 0 Å². The molecule has 0 radical (unpaired) electrons. The van der Waals surface area contributed by atoms with Crippen molar-refractivity contribution < 1.29 is 46.2 Å². The Labute approximate surface area is 99.4 Å². The molecule has 1 rings (SSSR count). The van der Waals surface area contributed by atoms with Crippen LogP contribution in [0.5, 0.6) is 0 Å². The molecule has 6 nitrogen and oxygen atoms in total. The fourth-order valence-electron chi connectivity index (χ4n) is 1.14. The van der Waals surface area contributed by atoms with E-state index < -0.39 is 34.6 Å². The van der Waals surface area contributed by atoms with Crippen molar-refractivity contribution in [3.63, 3.8) is 0 Å². The molecule has 3 N–H and O–H groups in total. The van der Waals surface area contributed by atoms with Crippen molar-refractivity contribution >= 4 is 17.9 Å². The second-order valence-electron chi connectivity index (χ2n) is 2.64. The summed E-state index contributed by atoms with van der Waals surface area (Å²) in [5, 5.41) is 26.0. The molecule has 0 atom stereocenters. The van der Waals surface area contributed by atoms with Crippen molar-refractivity contribution in [2.24, 2.45) is 0 Å². The van der Waals surface area contributed by atoms with E-state index in [4.69, 9.17) is 15.3 Å². The Kier molecular flexibility index (Phi) is 4.66. The largest absolute Gasteiger partial charge is 0.478 e. The summed E-state index contributed by atoms with van der Waals surface area (Å²) in [7, 11) is 0. The van der Waals surface area contributed by atoms with Crippen LogP contribution < -0.4 is 0 Å². The molecule has 0 aromatic heterocycles. The first-order valence-electron chi connectivity index (χ1n) is 3.78. The quantitative estimate of drug-likeness (QED) is 0.699. The minimum atomic E-state index is -1.58. The van der Waals surface area contributed by atoms with Crippen molar-refractivity contribution in [1.82, 2.24) is 0 Å². The summed E-state index contributed by atoms with van der Waals surface area (Å²) in [5.74, 6) is -4.53. The minimum Gasteiger partial charge on any atom is -0.478 e. The summed E-state index contributed by atoms with van der Waals surface area (Å²) >= 11 is 0. The van der Waals surface area contributed by atoms with Gasteiger partial charge in [0, 0.05) is 16.5 Å². The average molecular weight is 269 g/mol. The van der Waals surface area contributed by atoms with Crippen LogP contribution in [0.15, 0.2) is 18.2 Å². The second-order valence-corrected chi connectivity index (χ2v) is 2.64. The Morgan fingerprint density at radius 1 is 0.812 bits per heavy atom. The molecular weight excluding hydrogens is 263 g/mol. The SMILES string of the molecule is O=C(O)c1cccc(C(=O)O)c1C(=O)O.[Ni]. The van der Waals surface area contributed by atoms with Gasteiger partial charge in [0.15, 0.2) is 0 Å². The number of benzene rings is 1. The third kappa shape index (κ3) is 2.58. The number of hydrogen-bond donors (Lipinski definition) is 3. The summed E-state index contributed by atoms with van der Waals surface area (Å²) < 4.78 is 0. The van der Waals surface area contributed by atoms with E-state index in [0.29, 0.717) is 0 Å². The molecule has 0 aliphatic rings. The Balaban J connectivity index is 0.00000225. The van der Waals surface area contributed by atoms with E-state index in [2.05, 4.69) is 0 Å². The summed E-state index contributed by atoms with van der Waals surface area (Å²) in [6, 6.07) is 3.26. The molecular formula is C9H6NiO6. The molecule has 0 saturated carbocycles. The first-order chi connectivity index (χ1) is 6.95. The van der Waals surface area contributed by atoms with Crippen LogP contribution >= 0.6 is 0 Å². The smallest absolute Gasteiger partial charge is 0.337 e. The molecule has 0 spiro atoms. The third-order valence-electron chi connectivity index (χ3n) is 1.74. The van der Waals surface area contributed by atoms with Gasteiger partial charge in [-0.05, 0) is 12.1 Å². The van der Waals surface area contributed by atoms with Crippen molar-refractivity contribution in [1.29, 1.82) is 0 Å². The van der Waals surface area contributed by atoms with Crippen LogP contribution in [0, 0.1) is 0 Å².